The van der Waals surface area contributed by atoms with Crippen LogP contribution >= 0.6 is 0 Å². The second kappa shape index (κ2) is 6.00. The van der Waals surface area contributed by atoms with Crippen molar-refractivity contribution in [3.63, 3.8) is 0 Å². The summed E-state index contributed by atoms with van der Waals surface area (Å²) in [5.41, 5.74) is 1.97. The monoisotopic (exact) mass is 374 g/mol. The third-order valence-electron chi connectivity index (χ3n) is 4.70. The number of benzene rings is 2. The molecule has 0 aliphatic carbocycles. The van der Waals surface area contributed by atoms with Gasteiger partial charge in [-0.2, -0.15) is 8.42 Å². The number of β-amino-alcohol motifs (C(OH)–C–C–N with tert-alkyl or cyclic N) is 1. The second-order valence-corrected chi connectivity index (χ2v) is 7.72. The molecule has 0 fully saturated rings. The fourth-order valence-electron chi connectivity index (χ4n) is 3.55. The standard InChI is InChI=1S/C18H18N2O5S/c1-24-14-7-8-15(25-2)17-12(14)9-20(10-13(17)21)18-11-5-3-4-6-16(11)26(22,23)19-18/h3-8,13,21H,9-10H2,1-2H3/t13-/m0/s1. The predicted molar refractivity (Wildman–Crippen MR) is 95.1 cm³/mol. The highest BCUT2D eigenvalue weighted by atomic mass is 32.2. The van der Waals surface area contributed by atoms with Gasteiger partial charge in [0.2, 0.25) is 0 Å². The Balaban J connectivity index is 1.82. The lowest BCUT2D eigenvalue weighted by Crippen LogP contribution is -2.38. The lowest BCUT2D eigenvalue weighted by Gasteiger charge is -2.35. The van der Waals surface area contributed by atoms with Crippen LogP contribution in [-0.2, 0) is 16.6 Å². The van der Waals surface area contributed by atoms with E-state index in [1.165, 1.54) is 0 Å². The first-order valence-electron chi connectivity index (χ1n) is 8.07. The van der Waals surface area contributed by atoms with Gasteiger partial charge in [0.15, 0.2) is 5.84 Å². The number of aliphatic hydroxyl groups excluding tert-OH is 1. The van der Waals surface area contributed by atoms with Crippen molar-refractivity contribution >= 4 is 15.9 Å². The van der Waals surface area contributed by atoms with Crippen molar-refractivity contribution in [3.05, 3.63) is 53.1 Å². The molecular formula is C18H18N2O5S. The van der Waals surface area contributed by atoms with Crippen LogP contribution in [0.1, 0.15) is 22.8 Å². The van der Waals surface area contributed by atoms with Gasteiger partial charge >= 0.3 is 0 Å². The zero-order chi connectivity index (χ0) is 18.5. The first-order valence-corrected chi connectivity index (χ1v) is 9.51. The van der Waals surface area contributed by atoms with Crippen LogP contribution in [0.4, 0.5) is 0 Å². The number of aliphatic hydroxyl groups is 1. The third-order valence-corrected chi connectivity index (χ3v) is 6.03. The van der Waals surface area contributed by atoms with Gasteiger partial charge in [0, 0.05) is 23.2 Å². The van der Waals surface area contributed by atoms with Crippen molar-refractivity contribution < 1.29 is 23.0 Å². The first-order chi connectivity index (χ1) is 12.5. The number of amidine groups is 1. The molecule has 0 saturated carbocycles. The molecule has 2 aliphatic rings. The largest absolute Gasteiger partial charge is 0.496 e. The van der Waals surface area contributed by atoms with E-state index < -0.39 is 16.1 Å². The molecule has 0 radical (unpaired) electrons. The minimum Gasteiger partial charge on any atom is -0.496 e. The Morgan fingerprint density at radius 2 is 1.81 bits per heavy atom. The van der Waals surface area contributed by atoms with E-state index in [0.29, 0.717) is 35.0 Å². The normalized spacial score (nSPS) is 20.2. The second-order valence-electron chi connectivity index (χ2n) is 6.14. The van der Waals surface area contributed by atoms with Crippen molar-refractivity contribution in [3.8, 4) is 11.5 Å². The molecule has 2 heterocycles. The number of sulfonamides is 1. The highest BCUT2D eigenvalue weighted by molar-refractivity contribution is 7.90. The summed E-state index contributed by atoms with van der Waals surface area (Å²) in [7, 11) is -0.616. The summed E-state index contributed by atoms with van der Waals surface area (Å²) in [6.45, 7) is 0.564. The van der Waals surface area contributed by atoms with Crippen molar-refractivity contribution in [1.29, 1.82) is 0 Å². The summed E-state index contributed by atoms with van der Waals surface area (Å²) in [6, 6.07) is 10.2. The summed E-state index contributed by atoms with van der Waals surface area (Å²) in [4.78, 5) is 1.95. The molecule has 2 aromatic rings. The Bertz CT molecular complexity index is 1020. The molecule has 0 aromatic heterocycles. The van der Waals surface area contributed by atoms with E-state index in [9.17, 15) is 13.5 Å². The lowest BCUT2D eigenvalue weighted by atomic mass is 9.94. The highest BCUT2D eigenvalue weighted by Crippen LogP contribution is 2.40. The van der Waals surface area contributed by atoms with Gasteiger partial charge in [-0.3, -0.25) is 0 Å². The highest BCUT2D eigenvalue weighted by Gasteiger charge is 2.36. The van der Waals surface area contributed by atoms with Crippen LogP contribution in [0.15, 0.2) is 45.7 Å². The number of rotatable bonds is 2. The fraction of sp³-hybridized carbons (Fsp3) is 0.278. The summed E-state index contributed by atoms with van der Waals surface area (Å²) < 4.78 is 39.4. The Labute approximate surface area is 151 Å². The van der Waals surface area contributed by atoms with Gasteiger partial charge in [-0.25, -0.2) is 0 Å². The topological polar surface area (TPSA) is 88.4 Å². The Kier molecular flexibility index (Phi) is 3.89. The third kappa shape index (κ3) is 2.45. The van der Waals surface area contributed by atoms with Gasteiger partial charge in [-0.15, -0.1) is 4.40 Å². The molecule has 8 heteroatoms. The van der Waals surface area contributed by atoms with Crippen LogP contribution < -0.4 is 9.47 Å². The van der Waals surface area contributed by atoms with E-state index in [4.69, 9.17) is 9.47 Å². The predicted octanol–water partition coefficient (Wildman–Crippen LogP) is 1.70. The molecule has 4 rings (SSSR count). The van der Waals surface area contributed by atoms with Crippen molar-refractivity contribution in [2.75, 3.05) is 20.8 Å². The van der Waals surface area contributed by atoms with Gasteiger partial charge < -0.3 is 19.5 Å². The number of hydrogen-bond donors (Lipinski definition) is 1. The van der Waals surface area contributed by atoms with Gasteiger partial charge in [0.25, 0.3) is 10.0 Å². The van der Waals surface area contributed by atoms with Crippen molar-refractivity contribution in [2.45, 2.75) is 17.5 Å². The number of ether oxygens (including phenoxy) is 2. The van der Waals surface area contributed by atoms with Crippen molar-refractivity contribution in [1.82, 2.24) is 4.90 Å². The van der Waals surface area contributed by atoms with E-state index in [-0.39, 0.29) is 11.4 Å². The molecule has 136 valence electrons. The first kappa shape index (κ1) is 16.9. The van der Waals surface area contributed by atoms with Crippen LogP contribution in [0.3, 0.4) is 0 Å². The van der Waals surface area contributed by atoms with E-state index in [1.54, 1.807) is 55.5 Å². The number of nitrogens with zero attached hydrogens (tertiary/aromatic N) is 2. The molecule has 0 unspecified atom stereocenters. The smallest absolute Gasteiger partial charge is 0.285 e. The molecule has 0 bridgehead atoms. The van der Waals surface area contributed by atoms with Crippen LogP contribution in [-0.4, -0.2) is 45.0 Å². The summed E-state index contributed by atoms with van der Waals surface area (Å²) >= 11 is 0. The number of hydrogen-bond acceptors (Lipinski definition) is 6. The Hall–Kier alpha value is -2.58. The quantitative estimate of drug-likeness (QED) is 0.861. The molecule has 2 aliphatic heterocycles. The maximum absolute atomic E-state index is 12.3. The zero-order valence-electron chi connectivity index (χ0n) is 14.3. The fourth-order valence-corrected chi connectivity index (χ4v) is 4.78. The van der Waals surface area contributed by atoms with E-state index in [1.807, 2.05) is 0 Å². The average Bonchev–Trinajstić information content (AvgIpc) is 2.92. The Morgan fingerprint density at radius 1 is 1.12 bits per heavy atom. The van der Waals surface area contributed by atoms with Crippen LogP contribution in [0.2, 0.25) is 0 Å². The summed E-state index contributed by atoms with van der Waals surface area (Å²) in [5, 5.41) is 10.7. The minimum atomic E-state index is -3.72. The van der Waals surface area contributed by atoms with E-state index >= 15 is 0 Å². The minimum absolute atomic E-state index is 0.188. The molecular weight excluding hydrogens is 356 g/mol. The molecule has 1 N–H and O–H groups in total. The van der Waals surface area contributed by atoms with Crippen LogP contribution in [0.25, 0.3) is 0 Å². The van der Waals surface area contributed by atoms with Crippen LogP contribution in [0, 0.1) is 0 Å². The number of methoxy groups -OCH3 is 2. The van der Waals surface area contributed by atoms with Crippen LogP contribution in [0.5, 0.6) is 11.5 Å². The maximum Gasteiger partial charge on any atom is 0.285 e. The molecule has 26 heavy (non-hydrogen) atoms. The number of fused-ring (bicyclic) bond motifs is 2. The van der Waals surface area contributed by atoms with Crippen molar-refractivity contribution in [2.24, 2.45) is 4.40 Å². The van der Waals surface area contributed by atoms with Gasteiger partial charge in [0.05, 0.1) is 20.8 Å². The van der Waals surface area contributed by atoms with E-state index in [2.05, 4.69) is 4.40 Å². The average molecular weight is 374 g/mol. The maximum atomic E-state index is 12.3. The summed E-state index contributed by atoms with van der Waals surface area (Å²) in [5.74, 6) is 1.53. The molecule has 2 aromatic carbocycles. The molecule has 0 saturated heterocycles. The molecule has 0 amide bonds. The van der Waals surface area contributed by atoms with Gasteiger partial charge in [-0.1, -0.05) is 12.1 Å². The summed E-state index contributed by atoms with van der Waals surface area (Å²) in [6.07, 6.45) is -0.859. The molecule has 0 spiro atoms. The molecule has 1 atom stereocenters. The SMILES string of the molecule is COc1ccc(OC)c2c1CN(C1=NS(=O)(=O)c3ccccc31)C[C@@H]2O. The molecule has 7 nitrogen and oxygen atoms in total. The zero-order valence-corrected chi connectivity index (χ0v) is 15.2. The van der Waals surface area contributed by atoms with Gasteiger partial charge in [0.1, 0.15) is 22.5 Å². The lowest BCUT2D eigenvalue weighted by molar-refractivity contribution is 0.122. The van der Waals surface area contributed by atoms with Gasteiger partial charge in [-0.05, 0) is 24.3 Å². The van der Waals surface area contributed by atoms with E-state index in [0.717, 1.165) is 5.56 Å². The Morgan fingerprint density at radius 3 is 2.54 bits per heavy atom.